The van der Waals surface area contributed by atoms with Crippen LogP contribution in [0.4, 0.5) is 0 Å². The molecule has 25 heavy (non-hydrogen) atoms. The molecule has 0 atom stereocenters. The molecular formula is C22H19NO2. The molecule has 0 aliphatic heterocycles. The summed E-state index contributed by atoms with van der Waals surface area (Å²) in [6, 6.07) is 22.5. The van der Waals surface area contributed by atoms with Gasteiger partial charge in [0.1, 0.15) is 0 Å². The lowest BCUT2D eigenvalue weighted by molar-refractivity contribution is -0.134. The number of rotatable bonds is 5. The molecule has 1 N–H and O–H groups in total. The highest BCUT2D eigenvalue weighted by molar-refractivity contribution is 5.89. The van der Waals surface area contributed by atoms with Gasteiger partial charge < -0.3 is 9.72 Å². The van der Waals surface area contributed by atoms with Gasteiger partial charge in [0.2, 0.25) is 0 Å². The summed E-state index contributed by atoms with van der Waals surface area (Å²) >= 11 is 0. The van der Waals surface area contributed by atoms with E-state index in [1.807, 2.05) is 30.3 Å². The fraction of sp³-hybridized carbons (Fsp3) is 0.136. The minimum absolute atomic E-state index is 0.190. The number of hydrogen-bond donors (Lipinski definition) is 1. The lowest BCUT2D eigenvalue weighted by Gasteiger charge is -2.06. The van der Waals surface area contributed by atoms with Crippen LogP contribution in [0.5, 0.6) is 5.75 Å². The van der Waals surface area contributed by atoms with Crippen LogP contribution >= 0.6 is 0 Å². The van der Waals surface area contributed by atoms with Crippen LogP contribution in [0.1, 0.15) is 18.4 Å². The number of aromatic amines is 1. The van der Waals surface area contributed by atoms with Crippen LogP contribution < -0.4 is 4.74 Å². The molecule has 0 saturated carbocycles. The van der Waals surface area contributed by atoms with Gasteiger partial charge in [-0.05, 0) is 41.3 Å². The molecule has 3 heteroatoms. The maximum Gasteiger partial charge on any atom is 0.311 e. The van der Waals surface area contributed by atoms with E-state index in [1.165, 1.54) is 16.3 Å². The highest BCUT2D eigenvalue weighted by atomic mass is 16.5. The summed E-state index contributed by atoms with van der Waals surface area (Å²) in [5.74, 6) is 0.413. The van der Waals surface area contributed by atoms with E-state index in [-0.39, 0.29) is 5.97 Å². The Morgan fingerprint density at radius 2 is 1.64 bits per heavy atom. The summed E-state index contributed by atoms with van der Waals surface area (Å²) in [6.07, 6.45) is 3.79. The Labute approximate surface area is 146 Å². The van der Waals surface area contributed by atoms with Crippen molar-refractivity contribution in [2.45, 2.75) is 19.3 Å². The van der Waals surface area contributed by atoms with E-state index in [2.05, 4.69) is 41.4 Å². The fourth-order valence-corrected chi connectivity index (χ4v) is 3.24. The topological polar surface area (TPSA) is 42.1 Å². The lowest BCUT2D eigenvalue weighted by atomic mass is 10.0. The summed E-state index contributed by atoms with van der Waals surface area (Å²) < 4.78 is 5.52. The number of para-hydroxylation sites is 1. The second-order valence-corrected chi connectivity index (χ2v) is 6.16. The molecule has 0 aliphatic carbocycles. The summed E-state index contributed by atoms with van der Waals surface area (Å²) in [7, 11) is 0. The van der Waals surface area contributed by atoms with Crippen LogP contribution in [-0.4, -0.2) is 11.0 Å². The Hall–Kier alpha value is -3.07. The van der Waals surface area contributed by atoms with Crippen molar-refractivity contribution >= 4 is 27.6 Å². The second kappa shape index (κ2) is 6.81. The third kappa shape index (κ3) is 3.26. The Kier molecular flexibility index (Phi) is 4.21. The Balaban J connectivity index is 1.39. The minimum Gasteiger partial charge on any atom is -0.424 e. The van der Waals surface area contributed by atoms with Gasteiger partial charge in [-0.3, -0.25) is 4.79 Å². The first-order chi connectivity index (χ1) is 12.3. The number of carbonyl (C=O) groups is 1. The van der Waals surface area contributed by atoms with E-state index >= 15 is 0 Å². The van der Waals surface area contributed by atoms with Crippen molar-refractivity contribution in [3.8, 4) is 5.75 Å². The van der Waals surface area contributed by atoms with Crippen LogP contribution in [-0.2, 0) is 11.2 Å². The molecule has 124 valence electrons. The zero-order chi connectivity index (χ0) is 17.1. The maximum atomic E-state index is 12.2. The molecule has 1 aromatic heterocycles. The number of hydrogen-bond acceptors (Lipinski definition) is 2. The summed E-state index contributed by atoms with van der Waals surface area (Å²) in [4.78, 5) is 15.3. The molecule has 3 nitrogen and oxygen atoms in total. The van der Waals surface area contributed by atoms with Crippen molar-refractivity contribution < 1.29 is 9.53 Å². The zero-order valence-corrected chi connectivity index (χ0v) is 13.9. The van der Waals surface area contributed by atoms with E-state index in [0.29, 0.717) is 12.2 Å². The molecule has 0 radical (unpaired) electrons. The van der Waals surface area contributed by atoms with Crippen molar-refractivity contribution in [2.75, 3.05) is 0 Å². The van der Waals surface area contributed by atoms with Gasteiger partial charge in [-0.25, -0.2) is 0 Å². The number of esters is 1. The van der Waals surface area contributed by atoms with E-state index in [0.717, 1.165) is 23.7 Å². The number of aromatic nitrogens is 1. The van der Waals surface area contributed by atoms with E-state index in [4.69, 9.17) is 4.74 Å². The number of benzene rings is 3. The van der Waals surface area contributed by atoms with Gasteiger partial charge in [-0.2, -0.15) is 0 Å². The van der Waals surface area contributed by atoms with Crippen molar-refractivity contribution in [3.63, 3.8) is 0 Å². The number of fused-ring (bicyclic) bond motifs is 2. The number of carbonyl (C=O) groups excluding carboxylic acids is 1. The normalized spacial score (nSPS) is 11.0. The molecule has 0 bridgehead atoms. The summed E-state index contributed by atoms with van der Waals surface area (Å²) in [6.45, 7) is 0. The van der Waals surface area contributed by atoms with Gasteiger partial charge in [0.15, 0.2) is 5.75 Å². The van der Waals surface area contributed by atoms with Crippen molar-refractivity contribution in [1.82, 2.24) is 4.98 Å². The SMILES string of the molecule is O=C(CCCc1cccc2ccccc12)Oc1c[nH]c2ccccc12. The number of ether oxygens (including phenoxy) is 1. The van der Waals surface area contributed by atoms with Crippen molar-refractivity contribution in [1.29, 1.82) is 0 Å². The number of aryl methyl sites for hydroxylation is 1. The number of H-pyrrole nitrogens is 1. The van der Waals surface area contributed by atoms with E-state index in [9.17, 15) is 4.79 Å². The first-order valence-corrected chi connectivity index (χ1v) is 8.55. The largest absolute Gasteiger partial charge is 0.424 e. The summed E-state index contributed by atoms with van der Waals surface area (Å²) in [5, 5.41) is 3.43. The highest BCUT2D eigenvalue weighted by Gasteiger charge is 2.10. The van der Waals surface area contributed by atoms with Gasteiger partial charge in [0.05, 0.1) is 0 Å². The maximum absolute atomic E-state index is 12.2. The Morgan fingerprint density at radius 3 is 2.56 bits per heavy atom. The fourth-order valence-electron chi connectivity index (χ4n) is 3.24. The van der Waals surface area contributed by atoms with Crippen molar-refractivity contribution in [2.24, 2.45) is 0 Å². The molecule has 1 heterocycles. The minimum atomic E-state index is -0.190. The molecule has 4 aromatic rings. The predicted octanol–water partition coefficient (Wildman–Crippen LogP) is 5.25. The third-order valence-electron chi connectivity index (χ3n) is 4.48. The molecule has 0 amide bonds. The van der Waals surface area contributed by atoms with E-state index in [1.54, 1.807) is 6.20 Å². The van der Waals surface area contributed by atoms with Crippen LogP contribution in [0.3, 0.4) is 0 Å². The third-order valence-corrected chi connectivity index (χ3v) is 4.48. The average Bonchev–Trinajstić information content (AvgIpc) is 3.05. The van der Waals surface area contributed by atoms with Gasteiger partial charge in [-0.15, -0.1) is 0 Å². The lowest BCUT2D eigenvalue weighted by Crippen LogP contribution is -2.07. The monoisotopic (exact) mass is 329 g/mol. The van der Waals surface area contributed by atoms with Gasteiger partial charge in [0.25, 0.3) is 0 Å². The van der Waals surface area contributed by atoms with Crippen molar-refractivity contribution in [3.05, 3.63) is 78.5 Å². The molecule has 0 aliphatic rings. The molecule has 3 aromatic carbocycles. The zero-order valence-electron chi connectivity index (χ0n) is 13.9. The predicted molar refractivity (Wildman–Crippen MR) is 101 cm³/mol. The van der Waals surface area contributed by atoms with Gasteiger partial charge in [0, 0.05) is 23.5 Å². The quantitative estimate of drug-likeness (QED) is 0.508. The van der Waals surface area contributed by atoms with Crippen LogP contribution in [0.15, 0.2) is 72.9 Å². The molecule has 0 unspecified atom stereocenters. The molecular weight excluding hydrogens is 310 g/mol. The Bertz CT molecular complexity index is 1030. The molecule has 4 rings (SSSR count). The Morgan fingerprint density at radius 1 is 0.880 bits per heavy atom. The highest BCUT2D eigenvalue weighted by Crippen LogP contribution is 2.25. The first-order valence-electron chi connectivity index (χ1n) is 8.55. The number of nitrogens with one attached hydrogen (secondary N) is 1. The summed E-state index contributed by atoms with van der Waals surface area (Å²) in [5.41, 5.74) is 2.25. The molecule has 0 spiro atoms. The second-order valence-electron chi connectivity index (χ2n) is 6.16. The van der Waals surface area contributed by atoms with Crippen LogP contribution in [0.25, 0.3) is 21.7 Å². The molecule has 0 fully saturated rings. The molecule has 0 saturated heterocycles. The van der Waals surface area contributed by atoms with E-state index < -0.39 is 0 Å². The van der Waals surface area contributed by atoms with Crippen LogP contribution in [0.2, 0.25) is 0 Å². The smallest absolute Gasteiger partial charge is 0.311 e. The van der Waals surface area contributed by atoms with Gasteiger partial charge >= 0.3 is 5.97 Å². The van der Waals surface area contributed by atoms with Gasteiger partial charge in [-0.1, -0.05) is 54.6 Å². The first kappa shape index (κ1) is 15.5. The average molecular weight is 329 g/mol. The standard InChI is InChI=1S/C22H19NO2/c24-22(25-21-15-23-20-13-4-3-12-19(20)21)14-6-10-17-9-5-8-16-7-1-2-11-18(16)17/h1-5,7-9,11-13,15,23H,6,10,14H2. The van der Waals surface area contributed by atoms with Crippen LogP contribution in [0, 0.1) is 0 Å².